The highest BCUT2D eigenvalue weighted by Crippen LogP contribution is 2.28. The summed E-state index contributed by atoms with van der Waals surface area (Å²) in [6.07, 6.45) is 2.18. The Labute approximate surface area is 121 Å². The van der Waals surface area contributed by atoms with Crippen molar-refractivity contribution in [2.24, 2.45) is 10.4 Å². The van der Waals surface area contributed by atoms with Crippen LogP contribution in [0.5, 0.6) is 0 Å². The molecule has 1 atom stereocenters. The molecule has 1 rings (SSSR count). The van der Waals surface area contributed by atoms with E-state index in [0.29, 0.717) is 10.7 Å². The predicted molar refractivity (Wildman–Crippen MR) is 85.1 cm³/mol. The highest BCUT2D eigenvalue weighted by Gasteiger charge is 2.24. The van der Waals surface area contributed by atoms with Gasteiger partial charge in [-0.05, 0) is 11.7 Å². The van der Waals surface area contributed by atoms with Crippen LogP contribution in [0, 0.1) is 5.41 Å². The van der Waals surface area contributed by atoms with Crippen molar-refractivity contribution in [3.8, 4) is 0 Å². The molecule has 0 saturated carbocycles. The number of halogens is 1. The van der Waals surface area contributed by atoms with E-state index in [9.17, 15) is 0 Å². The molecule has 0 amide bonds. The first kappa shape index (κ1) is 16.4. The molecule has 0 aliphatic carbocycles. The van der Waals surface area contributed by atoms with Crippen LogP contribution in [0.2, 0.25) is 0 Å². The Bertz CT molecular complexity index is 238. The van der Waals surface area contributed by atoms with E-state index in [0.717, 1.165) is 25.6 Å². The van der Waals surface area contributed by atoms with Gasteiger partial charge in [-0.25, -0.2) is 0 Å². The summed E-state index contributed by atoms with van der Waals surface area (Å²) in [5.41, 5.74) is 0.337. The van der Waals surface area contributed by atoms with Gasteiger partial charge in [-0.1, -0.05) is 20.8 Å². The fourth-order valence-corrected chi connectivity index (χ4v) is 2.61. The van der Waals surface area contributed by atoms with Crippen molar-refractivity contribution in [2.45, 2.75) is 26.0 Å². The lowest BCUT2D eigenvalue weighted by molar-refractivity contribution is 0.388. The van der Waals surface area contributed by atoms with Gasteiger partial charge >= 0.3 is 0 Å². The first-order valence-corrected chi connectivity index (χ1v) is 6.76. The van der Waals surface area contributed by atoms with E-state index in [-0.39, 0.29) is 24.0 Å². The number of hydrogen-bond donors (Lipinski definition) is 1. The summed E-state index contributed by atoms with van der Waals surface area (Å²) < 4.78 is 0. The zero-order valence-corrected chi connectivity index (χ0v) is 14.1. The van der Waals surface area contributed by atoms with Gasteiger partial charge in [0.25, 0.3) is 0 Å². The first-order chi connectivity index (χ1) is 6.95. The summed E-state index contributed by atoms with van der Waals surface area (Å²) in [4.78, 5) is 6.61. The maximum atomic E-state index is 4.43. The Morgan fingerprint density at radius 2 is 2.12 bits per heavy atom. The second-order valence-corrected chi connectivity index (χ2v) is 6.14. The molecule has 16 heavy (non-hydrogen) atoms. The van der Waals surface area contributed by atoms with Gasteiger partial charge in [0.1, 0.15) is 0 Å². The summed E-state index contributed by atoms with van der Waals surface area (Å²) in [7, 11) is 2.09. The van der Waals surface area contributed by atoms with E-state index in [1.165, 1.54) is 0 Å². The minimum absolute atomic E-state index is 0. The summed E-state index contributed by atoms with van der Waals surface area (Å²) in [6, 6.07) is 0. The van der Waals surface area contributed by atoms with Crippen LogP contribution in [-0.2, 0) is 0 Å². The second-order valence-electron chi connectivity index (χ2n) is 5.10. The summed E-state index contributed by atoms with van der Waals surface area (Å²) in [5, 5.41) is 4.06. The molecule has 0 spiro atoms. The molecule has 1 aliphatic heterocycles. The van der Waals surface area contributed by atoms with Gasteiger partial charge in [-0.3, -0.25) is 4.99 Å². The van der Waals surface area contributed by atoms with E-state index in [1.807, 2.05) is 11.8 Å². The fraction of sp³-hybridized carbons (Fsp3) is 0.909. The van der Waals surface area contributed by atoms with Crippen molar-refractivity contribution in [3.63, 3.8) is 0 Å². The maximum absolute atomic E-state index is 4.43. The number of thioether (sulfide) groups is 1. The van der Waals surface area contributed by atoms with E-state index in [2.05, 4.69) is 49.3 Å². The standard InChI is InChI=1S/C11H23N3S.HI/c1-11(2,3)9(15-5)8-13-10-12-6-7-14(10)4;/h9H,6-8H2,1-5H3,(H,12,13);1H. The average Bonchev–Trinajstić information content (AvgIpc) is 2.50. The summed E-state index contributed by atoms with van der Waals surface area (Å²) in [6.45, 7) is 9.83. The lowest BCUT2D eigenvalue weighted by Gasteiger charge is -2.30. The highest BCUT2D eigenvalue weighted by molar-refractivity contribution is 14.0. The topological polar surface area (TPSA) is 27.6 Å². The number of hydrogen-bond acceptors (Lipinski definition) is 4. The van der Waals surface area contributed by atoms with Gasteiger partial charge in [0, 0.05) is 25.4 Å². The lowest BCUT2D eigenvalue weighted by Crippen LogP contribution is -2.42. The summed E-state index contributed by atoms with van der Waals surface area (Å²) >= 11 is 1.93. The Balaban J connectivity index is 0.00000225. The fourth-order valence-electron chi connectivity index (χ4n) is 1.65. The molecular weight excluding hydrogens is 333 g/mol. The van der Waals surface area contributed by atoms with E-state index in [4.69, 9.17) is 0 Å². The van der Waals surface area contributed by atoms with Gasteiger partial charge in [0.2, 0.25) is 0 Å². The normalized spacial score (nSPS) is 17.8. The first-order valence-electron chi connectivity index (χ1n) is 5.47. The number of rotatable bonds is 3. The number of nitrogens with one attached hydrogen (secondary N) is 1. The van der Waals surface area contributed by atoms with Gasteiger partial charge in [0.05, 0.1) is 6.54 Å². The Morgan fingerprint density at radius 1 is 1.50 bits per heavy atom. The molecule has 1 N–H and O–H groups in total. The largest absolute Gasteiger partial charge is 0.355 e. The molecule has 0 fully saturated rings. The molecule has 96 valence electrons. The highest BCUT2D eigenvalue weighted by atomic mass is 127. The van der Waals surface area contributed by atoms with Crippen LogP contribution in [0.15, 0.2) is 4.99 Å². The molecule has 1 heterocycles. The van der Waals surface area contributed by atoms with Crippen LogP contribution in [0.1, 0.15) is 20.8 Å². The quantitative estimate of drug-likeness (QED) is 0.786. The number of nitrogens with zero attached hydrogens (tertiary/aromatic N) is 2. The number of guanidine groups is 1. The zero-order valence-electron chi connectivity index (χ0n) is 10.9. The van der Waals surface area contributed by atoms with Crippen LogP contribution in [0.4, 0.5) is 0 Å². The third-order valence-corrected chi connectivity index (χ3v) is 4.20. The smallest absolute Gasteiger partial charge is 0.193 e. The van der Waals surface area contributed by atoms with Gasteiger partial charge in [-0.15, -0.1) is 24.0 Å². The van der Waals surface area contributed by atoms with E-state index in [1.54, 1.807) is 0 Å². The lowest BCUT2D eigenvalue weighted by atomic mass is 9.91. The zero-order chi connectivity index (χ0) is 11.5. The molecule has 3 nitrogen and oxygen atoms in total. The van der Waals surface area contributed by atoms with Gasteiger partial charge in [0.15, 0.2) is 5.96 Å². The van der Waals surface area contributed by atoms with Crippen LogP contribution in [0.25, 0.3) is 0 Å². The number of likely N-dealkylation sites (N-methyl/N-ethyl adjacent to an activating group) is 1. The molecule has 0 aromatic heterocycles. The molecule has 1 unspecified atom stereocenters. The molecule has 0 radical (unpaired) electrons. The summed E-state index contributed by atoms with van der Waals surface area (Å²) in [5.74, 6) is 1.05. The van der Waals surface area contributed by atoms with Crippen molar-refractivity contribution in [1.29, 1.82) is 0 Å². The third kappa shape index (κ3) is 4.69. The van der Waals surface area contributed by atoms with Crippen molar-refractivity contribution < 1.29 is 0 Å². The van der Waals surface area contributed by atoms with Crippen molar-refractivity contribution in [1.82, 2.24) is 10.2 Å². The van der Waals surface area contributed by atoms with Crippen molar-refractivity contribution in [3.05, 3.63) is 0 Å². The van der Waals surface area contributed by atoms with Gasteiger partial charge in [-0.2, -0.15) is 11.8 Å². The molecule has 0 aromatic carbocycles. The molecule has 0 bridgehead atoms. The van der Waals surface area contributed by atoms with Crippen LogP contribution >= 0.6 is 35.7 Å². The minimum Gasteiger partial charge on any atom is -0.355 e. The molecular formula is C11H24IN3S. The molecule has 0 aromatic rings. The van der Waals surface area contributed by atoms with E-state index >= 15 is 0 Å². The second kappa shape index (κ2) is 6.93. The third-order valence-electron chi connectivity index (χ3n) is 2.75. The molecule has 0 saturated heterocycles. The molecule has 5 heteroatoms. The van der Waals surface area contributed by atoms with E-state index < -0.39 is 0 Å². The Kier molecular flexibility index (Phi) is 7.09. The van der Waals surface area contributed by atoms with Crippen LogP contribution < -0.4 is 5.32 Å². The monoisotopic (exact) mass is 357 g/mol. The predicted octanol–water partition coefficient (Wildman–Crippen LogP) is 2.27. The maximum Gasteiger partial charge on any atom is 0.193 e. The van der Waals surface area contributed by atoms with Crippen LogP contribution in [0.3, 0.4) is 0 Å². The SMILES string of the molecule is CSC(CNC1=NCCN1C)C(C)(C)C.I. The average molecular weight is 357 g/mol. The molecule has 1 aliphatic rings. The van der Waals surface area contributed by atoms with Crippen LogP contribution in [-0.4, -0.2) is 49.0 Å². The Morgan fingerprint density at radius 3 is 2.50 bits per heavy atom. The minimum atomic E-state index is 0. The van der Waals surface area contributed by atoms with Crippen molar-refractivity contribution >= 4 is 41.7 Å². The van der Waals surface area contributed by atoms with Gasteiger partial charge < -0.3 is 10.2 Å². The number of aliphatic imine (C=N–C) groups is 1. The van der Waals surface area contributed by atoms with Crippen molar-refractivity contribution in [2.75, 3.05) is 32.9 Å². The Hall–Kier alpha value is 0.350.